The molecule has 14 heteroatoms. The number of hydrogen-bond acceptors (Lipinski definition) is 9. The molecule has 0 saturated carbocycles. The molecule has 4 heterocycles. The summed E-state index contributed by atoms with van der Waals surface area (Å²) in [6, 6.07) is 6.99. The van der Waals surface area contributed by atoms with E-state index in [-0.39, 0.29) is 31.7 Å². The standard InChI is InChI=1S/C25H32F2N8O3S/c1-18-15-20(29-24(28-18)34-11-7-25(26,27)8-12-34)21-17-35(32-30-21)22-6-5-19(31-39(37,38)14-13-36)16-23(22)33-9-3-2-4-10-33/h5-6,15-17,31,36H,2-4,7-14H2,1H3. The summed E-state index contributed by atoms with van der Waals surface area (Å²) in [5, 5.41) is 17.7. The summed E-state index contributed by atoms with van der Waals surface area (Å²) in [6.45, 7) is 3.35. The Bertz CT molecular complexity index is 1420. The molecule has 2 N–H and O–H groups in total. The van der Waals surface area contributed by atoms with E-state index in [2.05, 4.69) is 29.9 Å². The van der Waals surface area contributed by atoms with Crippen molar-refractivity contribution in [2.75, 3.05) is 53.1 Å². The fourth-order valence-electron chi connectivity index (χ4n) is 4.88. The molecule has 2 aliphatic rings. The van der Waals surface area contributed by atoms with Crippen LogP contribution in [0.4, 0.5) is 26.1 Å². The van der Waals surface area contributed by atoms with Gasteiger partial charge < -0.3 is 14.9 Å². The molecule has 1 aromatic carbocycles. The van der Waals surface area contributed by atoms with Gasteiger partial charge in [0.25, 0.3) is 5.92 Å². The van der Waals surface area contributed by atoms with Gasteiger partial charge in [0, 0.05) is 44.7 Å². The molecule has 0 spiro atoms. The van der Waals surface area contributed by atoms with E-state index in [1.54, 1.807) is 40.0 Å². The second kappa shape index (κ2) is 11.0. The summed E-state index contributed by atoms with van der Waals surface area (Å²) in [5.41, 5.74) is 3.66. The summed E-state index contributed by atoms with van der Waals surface area (Å²) in [6.07, 6.45) is 4.45. The number of alkyl halides is 2. The number of aliphatic hydroxyl groups is 1. The second-order valence-corrected chi connectivity index (χ2v) is 11.8. The topological polar surface area (TPSA) is 129 Å². The van der Waals surface area contributed by atoms with Crippen LogP contribution in [0.25, 0.3) is 17.1 Å². The normalized spacial score (nSPS) is 17.8. The molecule has 0 aliphatic carbocycles. The van der Waals surface area contributed by atoms with Gasteiger partial charge in [0.2, 0.25) is 16.0 Å². The number of aromatic nitrogens is 5. The van der Waals surface area contributed by atoms with Crippen molar-refractivity contribution in [3.63, 3.8) is 0 Å². The van der Waals surface area contributed by atoms with E-state index in [1.807, 2.05) is 6.92 Å². The Morgan fingerprint density at radius 3 is 2.44 bits per heavy atom. The Labute approximate surface area is 225 Å². The minimum atomic E-state index is -3.68. The van der Waals surface area contributed by atoms with Crippen LogP contribution in [0.2, 0.25) is 0 Å². The first-order chi connectivity index (χ1) is 18.6. The molecule has 2 aromatic heterocycles. The first-order valence-corrected chi connectivity index (χ1v) is 14.7. The highest BCUT2D eigenvalue weighted by atomic mass is 32.2. The molecule has 3 aromatic rings. The van der Waals surface area contributed by atoms with E-state index in [0.29, 0.717) is 28.7 Å². The van der Waals surface area contributed by atoms with E-state index in [1.165, 1.54) is 0 Å². The van der Waals surface area contributed by atoms with Crippen molar-refractivity contribution in [3.8, 4) is 17.1 Å². The van der Waals surface area contributed by atoms with Gasteiger partial charge in [-0.15, -0.1) is 5.10 Å². The quantitative estimate of drug-likeness (QED) is 0.426. The number of benzene rings is 1. The Morgan fingerprint density at radius 1 is 0.974 bits per heavy atom. The number of rotatable bonds is 8. The van der Waals surface area contributed by atoms with Gasteiger partial charge in [0.1, 0.15) is 5.69 Å². The lowest BCUT2D eigenvalue weighted by molar-refractivity contribution is -0.0222. The summed E-state index contributed by atoms with van der Waals surface area (Å²) in [7, 11) is -3.68. The summed E-state index contributed by atoms with van der Waals surface area (Å²) in [5.74, 6) is -2.66. The lowest BCUT2D eigenvalue weighted by Crippen LogP contribution is -2.40. The molecule has 0 bridgehead atoms. The van der Waals surface area contributed by atoms with E-state index in [0.717, 1.165) is 43.7 Å². The van der Waals surface area contributed by atoms with Crippen molar-refractivity contribution in [3.05, 3.63) is 36.2 Å². The summed E-state index contributed by atoms with van der Waals surface area (Å²) < 4.78 is 55.9. The van der Waals surface area contributed by atoms with E-state index >= 15 is 0 Å². The average Bonchev–Trinajstić information content (AvgIpc) is 3.39. The predicted molar refractivity (Wildman–Crippen MR) is 144 cm³/mol. The van der Waals surface area contributed by atoms with Crippen LogP contribution in [0.5, 0.6) is 0 Å². The van der Waals surface area contributed by atoms with Crippen LogP contribution in [0, 0.1) is 6.92 Å². The fourth-order valence-corrected chi connectivity index (χ4v) is 5.71. The molecule has 2 fully saturated rings. The third kappa shape index (κ3) is 6.44. The third-order valence-electron chi connectivity index (χ3n) is 6.93. The van der Waals surface area contributed by atoms with Crippen LogP contribution < -0.4 is 14.5 Å². The highest BCUT2D eigenvalue weighted by Crippen LogP contribution is 2.32. The van der Waals surface area contributed by atoms with Gasteiger partial charge in [-0.05, 0) is 50.5 Å². The number of aryl methyl sites for hydroxylation is 1. The highest BCUT2D eigenvalue weighted by Gasteiger charge is 2.35. The van der Waals surface area contributed by atoms with Crippen molar-refractivity contribution in [2.24, 2.45) is 0 Å². The van der Waals surface area contributed by atoms with Gasteiger partial charge in [-0.2, -0.15) is 0 Å². The van der Waals surface area contributed by atoms with Crippen LogP contribution in [-0.2, 0) is 10.0 Å². The third-order valence-corrected chi connectivity index (χ3v) is 8.20. The lowest BCUT2D eigenvalue weighted by Gasteiger charge is -2.31. The van der Waals surface area contributed by atoms with Gasteiger partial charge in [-0.1, -0.05) is 5.21 Å². The van der Waals surface area contributed by atoms with Crippen molar-refractivity contribution in [1.82, 2.24) is 25.0 Å². The van der Waals surface area contributed by atoms with Gasteiger partial charge in [-0.3, -0.25) is 4.72 Å². The number of nitrogens with zero attached hydrogens (tertiary/aromatic N) is 7. The molecule has 2 aliphatic heterocycles. The van der Waals surface area contributed by atoms with Crippen LogP contribution >= 0.6 is 0 Å². The minimum absolute atomic E-state index is 0.177. The number of anilines is 3. The maximum Gasteiger partial charge on any atom is 0.251 e. The van der Waals surface area contributed by atoms with Gasteiger partial charge >= 0.3 is 0 Å². The van der Waals surface area contributed by atoms with E-state index in [9.17, 15) is 17.2 Å². The van der Waals surface area contributed by atoms with Crippen molar-refractivity contribution in [1.29, 1.82) is 0 Å². The van der Waals surface area contributed by atoms with Gasteiger partial charge in [0.15, 0.2) is 0 Å². The number of piperidine rings is 2. The lowest BCUT2D eigenvalue weighted by atomic mass is 10.1. The molecule has 5 rings (SSSR count). The molecular formula is C25H32F2N8O3S. The first kappa shape index (κ1) is 27.2. The number of hydrogen-bond donors (Lipinski definition) is 2. The number of sulfonamides is 1. The largest absolute Gasteiger partial charge is 0.395 e. The Morgan fingerprint density at radius 2 is 1.72 bits per heavy atom. The Balaban J connectivity index is 1.45. The molecule has 39 heavy (non-hydrogen) atoms. The smallest absolute Gasteiger partial charge is 0.251 e. The molecule has 2 saturated heterocycles. The average molecular weight is 563 g/mol. The highest BCUT2D eigenvalue weighted by molar-refractivity contribution is 7.92. The van der Waals surface area contributed by atoms with Gasteiger partial charge in [0.05, 0.1) is 41.3 Å². The summed E-state index contributed by atoms with van der Waals surface area (Å²) in [4.78, 5) is 13.0. The first-order valence-electron chi connectivity index (χ1n) is 13.0. The van der Waals surface area contributed by atoms with Crippen molar-refractivity contribution in [2.45, 2.75) is 45.0 Å². The van der Waals surface area contributed by atoms with Crippen LogP contribution in [-0.4, -0.2) is 82.9 Å². The van der Waals surface area contributed by atoms with E-state index in [4.69, 9.17) is 5.11 Å². The molecule has 0 amide bonds. The monoisotopic (exact) mass is 562 g/mol. The van der Waals surface area contributed by atoms with Crippen molar-refractivity contribution < 1.29 is 22.3 Å². The van der Waals surface area contributed by atoms with Crippen LogP contribution in [0.15, 0.2) is 30.5 Å². The molecule has 0 atom stereocenters. The van der Waals surface area contributed by atoms with E-state index < -0.39 is 22.6 Å². The SMILES string of the molecule is Cc1cc(-c2cn(-c3ccc(NS(=O)(=O)CCO)cc3N3CCCCC3)nn2)nc(N2CCC(F)(F)CC2)n1. The maximum atomic E-state index is 13.7. The molecule has 210 valence electrons. The number of nitrogens with one attached hydrogen (secondary N) is 1. The Hall–Kier alpha value is -3.39. The molecule has 11 nitrogen and oxygen atoms in total. The molecule has 0 unspecified atom stereocenters. The Kier molecular flexibility index (Phi) is 7.67. The molecule has 0 radical (unpaired) electrons. The minimum Gasteiger partial charge on any atom is -0.395 e. The number of aliphatic hydroxyl groups excluding tert-OH is 1. The second-order valence-electron chi connectivity index (χ2n) is 9.98. The molecular weight excluding hydrogens is 530 g/mol. The van der Waals surface area contributed by atoms with Crippen molar-refractivity contribution >= 4 is 27.3 Å². The van der Waals surface area contributed by atoms with Gasteiger partial charge in [-0.25, -0.2) is 31.8 Å². The summed E-state index contributed by atoms with van der Waals surface area (Å²) >= 11 is 0. The zero-order valence-electron chi connectivity index (χ0n) is 21.7. The predicted octanol–water partition coefficient (Wildman–Crippen LogP) is 2.99. The van der Waals surface area contributed by atoms with Crippen LogP contribution in [0.1, 0.15) is 37.8 Å². The zero-order chi connectivity index (χ0) is 27.6. The fraction of sp³-hybridized carbons (Fsp3) is 0.520. The zero-order valence-corrected chi connectivity index (χ0v) is 22.5. The maximum absolute atomic E-state index is 13.7. The number of halogens is 2. The van der Waals surface area contributed by atoms with Crippen LogP contribution in [0.3, 0.4) is 0 Å².